The van der Waals surface area contributed by atoms with E-state index >= 15 is 0 Å². The number of amides is 1. The SMILES string of the molecule is C=CCN(C(=O)OC(C)(C)C)C(C)CC=O. The van der Waals surface area contributed by atoms with E-state index in [-0.39, 0.29) is 6.04 Å². The van der Waals surface area contributed by atoms with E-state index in [4.69, 9.17) is 4.74 Å². The van der Waals surface area contributed by atoms with Crippen LogP contribution in [0.1, 0.15) is 34.1 Å². The average Bonchev–Trinajstić information content (AvgIpc) is 2.11. The molecule has 1 unspecified atom stereocenters. The summed E-state index contributed by atoms with van der Waals surface area (Å²) in [5.41, 5.74) is -0.530. The van der Waals surface area contributed by atoms with Crippen molar-refractivity contribution in [3.63, 3.8) is 0 Å². The van der Waals surface area contributed by atoms with E-state index in [1.54, 1.807) is 26.8 Å². The average molecular weight is 227 g/mol. The van der Waals surface area contributed by atoms with Crippen molar-refractivity contribution in [1.29, 1.82) is 0 Å². The van der Waals surface area contributed by atoms with Crippen LogP contribution in [-0.4, -0.2) is 35.5 Å². The fourth-order valence-electron chi connectivity index (χ4n) is 1.16. The minimum atomic E-state index is -0.530. The molecule has 0 spiro atoms. The summed E-state index contributed by atoms with van der Waals surface area (Å²) < 4.78 is 5.24. The molecule has 16 heavy (non-hydrogen) atoms. The quantitative estimate of drug-likeness (QED) is 0.535. The Balaban J connectivity index is 4.57. The van der Waals surface area contributed by atoms with Gasteiger partial charge >= 0.3 is 6.09 Å². The van der Waals surface area contributed by atoms with E-state index in [0.29, 0.717) is 13.0 Å². The molecule has 0 bridgehead atoms. The number of aldehydes is 1. The lowest BCUT2D eigenvalue weighted by Crippen LogP contribution is -2.42. The Bertz CT molecular complexity index is 255. The number of nitrogens with zero attached hydrogens (tertiary/aromatic N) is 1. The summed E-state index contributed by atoms with van der Waals surface area (Å²) in [6.45, 7) is 11.2. The van der Waals surface area contributed by atoms with Crippen molar-refractivity contribution in [2.24, 2.45) is 0 Å². The maximum Gasteiger partial charge on any atom is 0.410 e. The number of hydrogen-bond acceptors (Lipinski definition) is 3. The summed E-state index contributed by atoms with van der Waals surface area (Å²) in [7, 11) is 0. The van der Waals surface area contributed by atoms with Crippen LogP contribution in [0.25, 0.3) is 0 Å². The normalized spacial score (nSPS) is 12.8. The maximum atomic E-state index is 11.8. The van der Waals surface area contributed by atoms with Gasteiger partial charge in [-0.25, -0.2) is 4.79 Å². The van der Waals surface area contributed by atoms with Gasteiger partial charge in [0, 0.05) is 19.0 Å². The molecule has 0 aliphatic carbocycles. The Morgan fingerprint density at radius 3 is 2.44 bits per heavy atom. The molecule has 92 valence electrons. The molecular formula is C12H21NO3. The molecule has 0 aromatic rings. The Morgan fingerprint density at radius 2 is 2.06 bits per heavy atom. The molecule has 0 aliphatic rings. The van der Waals surface area contributed by atoms with E-state index in [1.165, 1.54) is 4.90 Å². The first-order valence-corrected chi connectivity index (χ1v) is 5.36. The van der Waals surface area contributed by atoms with Crippen LogP contribution in [0.2, 0.25) is 0 Å². The van der Waals surface area contributed by atoms with Crippen LogP contribution >= 0.6 is 0 Å². The van der Waals surface area contributed by atoms with Crippen LogP contribution in [0.4, 0.5) is 4.79 Å². The Hall–Kier alpha value is -1.32. The van der Waals surface area contributed by atoms with Gasteiger partial charge in [-0.2, -0.15) is 0 Å². The molecule has 1 amide bonds. The molecular weight excluding hydrogens is 206 g/mol. The van der Waals surface area contributed by atoms with Gasteiger partial charge in [0.2, 0.25) is 0 Å². The number of rotatable bonds is 5. The first kappa shape index (κ1) is 14.7. The third kappa shape index (κ3) is 5.53. The van der Waals surface area contributed by atoms with Crippen molar-refractivity contribution in [2.45, 2.75) is 45.8 Å². The van der Waals surface area contributed by atoms with Gasteiger partial charge in [0.05, 0.1) is 0 Å². The zero-order chi connectivity index (χ0) is 12.8. The Kier molecular flexibility index (Phi) is 5.78. The topological polar surface area (TPSA) is 46.6 Å². The van der Waals surface area contributed by atoms with Crippen molar-refractivity contribution in [3.05, 3.63) is 12.7 Å². The second-order valence-corrected chi connectivity index (χ2v) is 4.67. The third-order valence-electron chi connectivity index (χ3n) is 1.92. The summed E-state index contributed by atoms with van der Waals surface area (Å²) >= 11 is 0. The summed E-state index contributed by atoms with van der Waals surface area (Å²) in [6, 6.07) is -0.176. The summed E-state index contributed by atoms with van der Waals surface area (Å²) in [4.78, 5) is 23.7. The van der Waals surface area contributed by atoms with Crippen LogP contribution in [0.5, 0.6) is 0 Å². The summed E-state index contributed by atoms with van der Waals surface area (Å²) in [5.74, 6) is 0. The molecule has 4 heteroatoms. The Morgan fingerprint density at radius 1 is 1.50 bits per heavy atom. The van der Waals surface area contributed by atoms with E-state index < -0.39 is 11.7 Å². The first-order valence-electron chi connectivity index (χ1n) is 5.36. The van der Waals surface area contributed by atoms with Crippen LogP contribution < -0.4 is 0 Å². The number of hydrogen-bond donors (Lipinski definition) is 0. The summed E-state index contributed by atoms with van der Waals surface area (Å²) in [5, 5.41) is 0. The highest BCUT2D eigenvalue weighted by molar-refractivity contribution is 5.69. The van der Waals surface area contributed by atoms with E-state index in [0.717, 1.165) is 6.29 Å². The highest BCUT2D eigenvalue weighted by atomic mass is 16.6. The summed E-state index contributed by atoms with van der Waals surface area (Å²) in [6.07, 6.45) is 2.30. The molecule has 0 aromatic heterocycles. The molecule has 0 heterocycles. The standard InChI is InChI=1S/C12H21NO3/c1-6-8-13(10(2)7-9-14)11(15)16-12(3,4)5/h6,9-10H,1,7-8H2,2-5H3. The third-order valence-corrected chi connectivity index (χ3v) is 1.92. The van der Waals surface area contributed by atoms with Gasteiger partial charge in [-0.1, -0.05) is 6.08 Å². The zero-order valence-corrected chi connectivity index (χ0v) is 10.5. The minimum Gasteiger partial charge on any atom is -0.444 e. The molecule has 0 aromatic carbocycles. The predicted octanol–water partition coefficient (Wildman–Crippen LogP) is 2.39. The van der Waals surface area contributed by atoms with E-state index in [9.17, 15) is 9.59 Å². The smallest absolute Gasteiger partial charge is 0.410 e. The van der Waals surface area contributed by atoms with Gasteiger partial charge in [-0.05, 0) is 27.7 Å². The van der Waals surface area contributed by atoms with Crippen LogP contribution in [-0.2, 0) is 9.53 Å². The van der Waals surface area contributed by atoms with Gasteiger partial charge in [0.1, 0.15) is 11.9 Å². The highest BCUT2D eigenvalue weighted by Crippen LogP contribution is 2.12. The molecule has 4 nitrogen and oxygen atoms in total. The van der Waals surface area contributed by atoms with Gasteiger partial charge < -0.3 is 14.4 Å². The van der Waals surface area contributed by atoms with Crippen molar-refractivity contribution in [2.75, 3.05) is 6.54 Å². The minimum absolute atomic E-state index is 0.176. The van der Waals surface area contributed by atoms with Crippen molar-refractivity contribution < 1.29 is 14.3 Å². The maximum absolute atomic E-state index is 11.8. The largest absolute Gasteiger partial charge is 0.444 e. The molecule has 0 fully saturated rings. The molecule has 0 rings (SSSR count). The molecule has 0 N–H and O–H groups in total. The number of carbonyl (C=O) groups is 2. The lowest BCUT2D eigenvalue weighted by atomic mass is 10.2. The van der Waals surface area contributed by atoms with Crippen LogP contribution in [0.3, 0.4) is 0 Å². The molecule has 0 aliphatic heterocycles. The zero-order valence-electron chi connectivity index (χ0n) is 10.5. The lowest BCUT2D eigenvalue weighted by Gasteiger charge is -2.30. The predicted molar refractivity (Wildman–Crippen MR) is 63.3 cm³/mol. The molecule has 0 saturated heterocycles. The second kappa shape index (κ2) is 6.30. The van der Waals surface area contributed by atoms with Crippen molar-refractivity contribution in [3.8, 4) is 0 Å². The second-order valence-electron chi connectivity index (χ2n) is 4.67. The Labute approximate surface area is 97.3 Å². The monoisotopic (exact) mass is 227 g/mol. The van der Waals surface area contributed by atoms with Gasteiger partial charge in [-0.15, -0.1) is 6.58 Å². The fourth-order valence-corrected chi connectivity index (χ4v) is 1.16. The molecule has 1 atom stereocenters. The number of carbonyl (C=O) groups excluding carboxylic acids is 2. The molecule has 0 saturated carbocycles. The van der Waals surface area contributed by atoms with Gasteiger partial charge in [0.15, 0.2) is 0 Å². The fraction of sp³-hybridized carbons (Fsp3) is 0.667. The highest BCUT2D eigenvalue weighted by Gasteiger charge is 2.24. The van der Waals surface area contributed by atoms with E-state index in [2.05, 4.69) is 6.58 Å². The van der Waals surface area contributed by atoms with E-state index in [1.807, 2.05) is 6.92 Å². The van der Waals surface area contributed by atoms with Crippen molar-refractivity contribution in [1.82, 2.24) is 4.90 Å². The van der Waals surface area contributed by atoms with Gasteiger partial charge in [0.25, 0.3) is 0 Å². The number of ether oxygens (including phenoxy) is 1. The van der Waals surface area contributed by atoms with Crippen LogP contribution in [0.15, 0.2) is 12.7 Å². The van der Waals surface area contributed by atoms with Crippen LogP contribution in [0, 0.1) is 0 Å². The van der Waals surface area contributed by atoms with Gasteiger partial charge in [-0.3, -0.25) is 0 Å². The lowest BCUT2D eigenvalue weighted by molar-refractivity contribution is -0.108. The molecule has 0 radical (unpaired) electrons. The first-order chi connectivity index (χ1) is 7.31. The van der Waals surface area contributed by atoms with Crippen molar-refractivity contribution >= 4 is 12.4 Å².